The number of nitrogens with zero attached hydrogens (tertiary/aromatic N) is 1. The Kier molecular flexibility index (Phi) is 3.54. The number of ether oxygens (including phenoxy) is 1. The lowest BCUT2D eigenvalue weighted by Gasteiger charge is -2.33. The number of nitrogens with one attached hydrogen (secondary N) is 1. The summed E-state index contributed by atoms with van der Waals surface area (Å²) in [6.07, 6.45) is 1.13. The first kappa shape index (κ1) is 14.1. The van der Waals surface area contributed by atoms with Crippen molar-refractivity contribution in [3.8, 4) is 6.07 Å². The second-order valence-corrected chi connectivity index (χ2v) is 5.67. The molecule has 1 aromatic rings. The molecule has 0 saturated heterocycles. The van der Waals surface area contributed by atoms with Gasteiger partial charge in [-0.15, -0.1) is 0 Å². The minimum atomic E-state index is -0.678. The first-order valence-electron chi connectivity index (χ1n) is 6.59. The van der Waals surface area contributed by atoms with E-state index in [2.05, 4.69) is 11.4 Å². The van der Waals surface area contributed by atoms with Gasteiger partial charge in [-0.05, 0) is 43.0 Å². The summed E-state index contributed by atoms with van der Waals surface area (Å²) in [6, 6.07) is 7.86. The maximum absolute atomic E-state index is 11.5. The molecule has 0 radical (unpaired) electrons. The molecule has 104 valence electrons. The lowest BCUT2D eigenvalue weighted by molar-refractivity contribution is 0.0420. The van der Waals surface area contributed by atoms with Crippen molar-refractivity contribution >= 4 is 17.4 Å². The standard InChI is InChI=1S/C16H18N2O2/c1-10(2)12(7-8-17)11-5-6-14-13(9-11)16(3,4)20-15(19)18-14/h5-7,9-10H,1-4H3,(H,18,19)/b12-7-. The normalized spacial score (nSPS) is 17.0. The number of carbonyl (C=O) groups excluding carboxylic acids is 1. The highest BCUT2D eigenvalue weighted by Gasteiger charge is 2.33. The van der Waals surface area contributed by atoms with Crippen LogP contribution in [0.3, 0.4) is 0 Å². The van der Waals surface area contributed by atoms with Crippen LogP contribution in [-0.4, -0.2) is 6.09 Å². The lowest BCUT2D eigenvalue weighted by Crippen LogP contribution is -2.34. The van der Waals surface area contributed by atoms with Crippen LogP contribution in [0.5, 0.6) is 0 Å². The number of hydrogen-bond donors (Lipinski definition) is 1. The van der Waals surface area contributed by atoms with Crippen LogP contribution in [0.15, 0.2) is 24.3 Å². The summed E-state index contributed by atoms with van der Waals surface area (Å²) in [4.78, 5) is 11.5. The Hall–Kier alpha value is -2.28. The summed E-state index contributed by atoms with van der Waals surface area (Å²) >= 11 is 0. The molecule has 0 bridgehead atoms. The van der Waals surface area contributed by atoms with Crippen molar-refractivity contribution in [3.63, 3.8) is 0 Å². The van der Waals surface area contributed by atoms with E-state index in [9.17, 15) is 4.79 Å². The molecule has 2 rings (SSSR count). The van der Waals surface area contributed by atoms with Crippen LogP contribution in [0.2, 0.25) is 0 Å². The van der Waals surface area contributed by atoms with Gasteiger partial charge in [0.25, 0.3) is 0 Å². The fourth-order valence-electron chi connectivity index (χ4n) is 2.41. The predicted molar refractivity (Wildman–Crippen MR) is 78.0 cm³/mol. The molecular formula is C16H18N2O2. The van der Waals surface area contributed by atoms with E-state index >= 15 is 0 Å². The first-order chi connectivity index (χ1) is 9.35. The molecule has 0 saturated carbocycles. The van der Waals surface area contributed by atoms with E-state index in [0.29, 0.717) is 0 Å². The van der Waals surface area contributed by atoms with Gasteiger partial charge in [0.15, 0.2) is 0 Å². The molecule has 0 aliphatic carbocycles. The van der Waals surface area contributed by atoms with Crippen molar-refractivity contribution in [1.29, 1.82) is 5.26 Å². The molecular weight excluding hydrogens is 252 g/mol. The van der Waals surface area contributed by atoms with Gasteiger partial charge in [0.2, 0.25) is 0 Å². The maximum Gasteiger partial charge on any atom is 0.412 e. The third-order valence-corrected chi connectivity index (χ3v) is 3.43. The third kappa shape index (κ3) is 2.53. The van der Waals surface area contributed by atoms with Gasteiger partial charge in [0.1, 0.15) is 5.60 Å². The van der Waals surface area contributed by atoms with Gasteiger partial charge < -0.3 is 4.74 Å². The summed E-state index contributed by atoms with van der Waals surface area (Å²) in [6.45, 7) is 7.81. The number of benzene rings is 1. The zero-order chi connectivity index (χ0) is 14.9. The van der Waals surface area contributed by atoms with E-state index in [4.69, 9.17) is 10.00 Å². The van der Waals surface area contributed by atoms with E-state index < -0.39 is 11.7 Å². The van der Waals surface area contributed by atoms with Crippen LogP contribution in [0.1, 0.15) is 38.8 Å². The van der Waals surface area contributed by atoms with Crippen LogP contribution in [0.4, 0.5) is 10.5 Å². The summed E-state index contributed by atoms with van der Waals surface area (Å²) < 4.78 is 5.32. The van der Waals surface area contributed by atoms with Crippen molar-refractivity contribution in [2.75, 3.05) is 5.32 Å². The molecule has 4 nitrogen and oxygen atoms in total. The summed E-state index contributed by atoms with van der Waals surface area (Å²) in [7, 11) is 0. The largest absolute Gasteiger partial charge is 0.438 e. The minimum absolute atomic E-state index is 0.245. The smallest absolute Gasteiger partial charge is 0.412 e. The molecule has 20 heavy (non-hydrogen) atoms. The Labute approximate surface area is 119 Å². The number of allylic oxidation sites excluding steroid dienone is 2. The third-order valence-electron chi connectivity index (χ3n) is 3.43. The Morgan fingerprint density at radius 1 is 1.45 bits per heavy atom. The molecule has 1 N–H and O–H groups in total. The van der Waals surface area contributed by atoms with E-state index in [1.165, 1.54) is 0 Å². The Morgan fingerprint density at radius 2 is 2.15 bits per heavy atom. The van der Waals surface area contributed by atoms with Crippen molar-refractivity contribution in [3.05, 3.63) is 35.4 Å². The zero-order valence-electron chi connectivity index (χ0n) is 12.2. The molecule has 1 aliphatic heterocycles. The highest BCUT2D eigenvalue weighted by Crippen LogP contribution is 2.37. The van der Waals surface area contributed by atoms with Crippen LogP contribution in [0, 0.1) is 17.2 Å². The molecule has 0 atom stereocenters. The van der Waals surface area contributed by atoms with Crippen LogP contribution in [0.25, 0.3) is 5.57 Å². The highest BCUT2D eigenvalue weighted by molar-refractivity contribution is 5.89. The number of amides is 1. The minimum Gasteiger partial charge on any atom is -0.438 e. The maximum atomic E-state index is 11.5. The molecule has 0 unspecified atom stereocenters. The highest BCUT2D eigenvalue weighted by atomic mass is 16.6. The lowest BCUT2D eigenvalue weighted by atomic mass is 9.88. The molecule has 0 spiro atoms. The second-order valence-electron chi connectivity index (χ2n) is 5.67. The fourth-order valence-corrected chi connectivity index (χ4v) is 2.41. The summed E-state index contributed by atoms with van der Waals surface area (Å²) in [5, 5.41) is 11.6. The molecule has 0 aromatic heterocycles. The Morgan fingerprint density at radius 3 is 2.75 bits per heavy atom. The van der Waals surface area contributed by atoms with E-state index in [1.807, 2.05) is 45.9 Å². The van der Waals surface area contributed by atoms with Crippen molar-refractivity contribution in [1.82, 2.24) is 0 Å². The summed E-state index contributed by atoms with van der Waals surface area (Å²) in [5.41, 5.74) is 2.95. The van der Waals surface area contributed by atoms with Gasteiger partial charge in [-0.1, -0.05) is 19.9 Å². The zero-order valence-corrected chi connectivity index (χ0v) is 12.2. The van der Waals surface area contributed by atoms with Crippen LogP contribution < -0.4 is 5.32 Å². The van der Waals surface area contributed by atoms with Gasteiger partial charge in [-0.3, -0.25) is 5.32 Å². The average Bonchev–Trinajstić information content (AvgIpc) is 2.34. The number of cyclic esters (lactones) is 1. The van der Waals surface area contributed by atoms with E-state index in [0.717, 1.165) is 22.4 Å². The molecule has 1 amide bonds. The van der Waals surface area contributed by atoms with Crippen molar-refractivity contribution in [2.45, 2.75) is 33.3 Å². The molecule has 0 fully saturated rings. The topological polar surface area (TPSA) is 62.1 Å². The van der Waals surface area contributed by atoms with Gasteiger partial charge >= 0.3 is 6.09 Å². The fraction of sp³-hybridized carbons (Fsp3) is 0.375. The number of nitriles is 1. The van der Waals surface area contributed by atoms with E-state index in [1.54, 1.807) is 6.08 Å². The van der Waals surface area contributed by atoms with Crippen molar-refractivity contribution < 1.29 is 9.53 Å². The molecule has 1 heterocycles. The molecule has 1 aromatic carbocycles. The van der Waals surface area contributed by atoms with E-state index in [-0.39, 0.29) is 5.92 Å². The van der Waals surface area contributed by atoms with Crippen molar-refractivity contribution in [2.24, 2.45) is 5.92 Å². The molecule has 4 heteroatoms. The average molecular weight is 270 g/mol. The predicted octanol–water partition coefficient (Wildman–Crippen LogP) is 4.05. The molecule has 1 aliphatic rings. The van der Waals surface area contributed by atoms with Gasteiger partial charge in [0.05, 0.1) is 11.8 Å². The number of rotatable bonds is 2. The monoisotopic (exact) mass is 270 g/mol. The number of hydrogen-bond acceptors (Lipinski definition) is 3. The van der Waals surface area contributed by atoms with Crippen LogP contribution >= 0.6 is 0 Å². The Balaban J connectivity index is 2.55. The quantitative estimate of drug-likeness (QED) is 0.825. The number of fused-ring (bicyclic) bond motifs is 1. The van der Waals surface area contributed by atoms with Crippen LogP contribution in [-0.2, 0) is 10.3 Å². The number of carbonyl (C=O) groups is 1. The first-order valence-corrected chi connectivity index (χ1v) is 6.59. The number of anilines is 1. The van der Waals surface area contributed by atoms with Gasteiger partial charge in [0, 0.05) is 11.6 Å². The second kappa shape index (κ2) is 5.01. The SMILES string of the molecule is CC(C)/C(=C/C#N)c1ccc2c(c1)C(C)(C)OC(=O)N2. The Bertz CT molecular complexity index is 622. The summed E-state index contributed by atoms with van der Waals surface area (Å²) in [5.74, 6) is 0.245. The van der Waals surface area contributed by atoms with Gasteiger partial charge in [-0.25, -0.2) is 4.79 Å². The van der Waals surface area contributed by atoms with Gasteiger partial charge in [-0.2, -0.15) is 5.26 Å².